The molecule has 0 aliphatic rings. The Morgan fingerprint density at radius 3 is 2.60 bits per heavy atom. The van der Waals surface area contributed by atoms with Crippen LogP contribution in [0.1, 0.15) is 25.0 Å². The van der Waals surface area contributed by atoms with Crippen molar-refractivity contribution in [1.29, 1.82) is 0 Å². The number of benzene rings is 1. The van der Waals surface area contributed by atoms with Crippen molar-refractivity contribution in [3.8, 4) is 5.75 Å². The first-order valence-electron chi connectivity index (χ1n) is 6.82. The molecule has 0 saturated heterocycles. The van der Waals surface area contributed by atoms with Crippen molar-refractivity contribution in [3.05, 3.63) is 29.3 Å². The van der Waals surface area contributed by atoms with E-state index in [0.29, 0.717) is 19.0 Å². The minimum Gasteiger partial charge on any atom is -0.496 e. The van der Waals surface area contributed by atoms with Gasteiger partial charge in [-0.15, -0.1) is 0 Å². The van der Waals surface area contributed by atoms with Crippen molar-refractivity contribution in [2.45, 2.75) is 26.9 Å². The Morgan fingerprint density at radius 1 is 1.40 bits per heavy atom. The molecule has 0 aromatic heterocycles. The maximum absolute atomic E-state index is 11.2. The van der Waals surface area contributed by atoms with Gasteiger partial charge in [0, 0.05) is 25.2 Å². The lowest BCUT2D eigenvalue weighted by atomic mass is 10.1. The molecule has 0 radical (unpaired) electrons. The van der Waals surface area contributed by atoms with Crippen LogP contribution in [-0.4, -0.2) is 31.0 Å². The summed E-state index contributed by atoms with van der Waals surface area (Å²) >= 11 is 0. The van der Waals surface area contributed by atoms with Crippen LogP contribution in [0.4, 0.5) is 0 Å². The molecule has 5 nitrogen and oxygen atoms in total. The highest BCUT2D eigenvalue weighted by molar-refractivity contribution is 5.75. The molecule has 0 heterocycles. The minimum atomic E-state index is -0.320. The van der Waals surface area contributed by atoms with Crippen LogP contribution in [0.5, 0.6) is 5.75 Å². The zero-order valence-corrected chi connectivity index (χ0v) is 12.6. The van der Waals surface area contributed by atoms with Crippen molar-refractivity contribution in [2.75, 3.05) is 20.2 Å². The summed E-state index contributed by atoms with van der Waals surface area (Å²) in [4.78, 5) is 13.2. The van der Waals surface area contributed by atoms with Gasteiger partial charge in [0.1, 0.15) is 5.75 Å². The van der Waals surface area contributed by atoms with Gasteiger partial charge in [0.25, 0.3) is 0 Å². The smallest absolute Gasteiger partial charge is 0.231 e. The van der Waals surface area contributed by atoms with E-state index >= 15 is 0 Å². The second kappa shape index (κ2) is 7.87. The third-order valence-electron chi connectivity index (χ3n) is 2.98. The van der Waals surface area contributed by atoms with E-state index in [2.05, 4.69) is 13.8 Å². The molecule has 0 bridgehead atoms. The molecule has 0 fully saturated rings. The van der Waals surface area contributed by atoms with Gasteiger partial charge >= 0.3 is 0 Å². The maximum atomic E-state index is 11.2. The van der Waals surface area contributed by atoms with Crippen molar-refractivity contribution in [1.82, 2.24) is 4.90 Å². The molecule has 0 saturated carbocycles. The molecule has 0 unspecified atom stereocenters. The average Bonchev–Trinajstić information content (AvgIpc) is 2.37. The average molecular weight is 279 g/mol. The Kier molecular flexibility index (Phi) is 6.48. The molecule has 0 spiro atoms. The minimum absolute atomic E-state index is 0.244. The van der Waals surface area contributed by atoms with Gasteiger partial charge in [-0.1, -0.05) is 19.9 Å². The number of primary amides is 1. The number of nitrogens with zero attached hydrogens (tertiary/aromatic N) is 1. The van der Waals surface area contributed by atoms with Crippen molar-refractivity contribution < 1.29 is 9.53 Å². The monoisotopic (exact) mass is 279 g/mol. The Bertz CT molecular complexity index is 447. The van der Waals surface area contributed by atoms with Crippen LogP contribution in [0.3, 0.4) is 0 Å². The molecule has 1 rings (SSSR count). The lowest BCUT2D eigenvalue weighted by Gasteiger charge is -2.24. The topological polar surface area (TPSA) is 81.6 Å². The van der Waals surface area contributed by atoms with Gasteiger partial charge in [-0.3, -0.25) is 9.69 Å². The number of carbonyl (C=O) groups is 1. The third kappa shape index (κ3) is 5.19. The van der Waals surface area contributed by atoms with Crippen LogP contribution in [0, 0.1) is 5.92 Å². The lowest BCUT2D eigenvalue weighted by molar-refractivity contribution is -0.119. The molecular weight excluding hydrogens is 254 g/mol. The fourth-order valence-corrected chi connectivity index (χ4v) is 2.25. The van der Waals surface area contributed by atoms with Crippen LogP contribution in [0.15, 0.2) is 18.2 Å². The van der Waals surface area contributed by atoms with E-state index in [-0.39, 0.29) is 12.5 Å². The molecule has 0 aliphatic carbocycles. The number of nitrogens with two attached hydrogens (primary N) is 2. The number of amides is 1. The number of methoxy groups -OCH3 is 1. The predicted octanol–water partition coefficient (Wildman–Crippen LogP) is 1.10. The van der Waals surface area contributed by atoms with E-state index in [0.717, 1.165) is 23.4 Å². The number of hydrogen-bond acceptors (Lipinski definition) is 4. The van der Waals surface area contributed by atoms with Gasteiger partial charge in [-0.2, -0.15) is 0 Å². The van der Waals surface area contributed by atoms with Crippen molar-refractivity contribution in [3.63, 3.8) is 0 Å². The largest absolute Gasteiger partial charge is 0.496 e. The van der Waals surface area contributed by atoms with Crippen LogP contribution < -0.4 is 16.2 Å². The molecular formula is C15H25N3O2. The summed E-state index contributed by atoms with van der Waals surface area (Å²) in [5.74, 6) is 0.943. The highest BCUT2D eigenvalue weighted by atomic mass is 16.5. The summed E-state index contributed by atoms with van der Waals surface area (Å²) in [6.45, 7) is 6.38. The fraction of sp³-hybridized carbons (Fsp3) is 0.533. The van der Waals surface area contributed by atoms with Crippen molar-refractivity contribution >= 4 is 5.91 Å². The molecule has 4 N–H and O–H groups in total. The van der Waals surface area contributed by atoms with Crippen LogP contribution in [0.25, 0.3) is 0 Å². The van der Waals surface area contributed by atoms with E-state index < -0.39 is 0 Å². The number of ether oxygens (including phenoxy) is 1. The Hall–Kier alpha value is -1.59. The van der Waals surface area contributed by atoms with Gasteiger partial charge in [0.2, 0.25) is 5.91 Å². The van der Waals surface area contributed by atoms with E-state index in [4.69, 9.17) is 16.2 Å². The zero-order valence-electron chi connectivity index (χ0n) is 12.6. The first-order valence-corrected chi connectivity index (χ1v) is 6.82. The molecule has 0 aliphatic heterocycles. The summed E-state index contributed by atoms with van der Waals surface area (Å²) < 4.78 is 5.37. The number of rotatable bonds is 8. The van der Waals surface area contributed by atoms with Gasteiger partial charge in [0.05, 0.1) is 13.7 Å². The predicted molar refractivity (Wildman–Crippen MR) is 80.2 cm³/mol. The van der Waals surface area contributed by atoms with Gasteiger partial charge in [-0.05, 0) is 23.6 Å². The van der Waals surface area contributed by atoms with E-state index in [1.54, 1.807) is 7.11 Å². The molecule has 112 valence electrons. The Balaban J connectivity index is 2.92. The fourth-order valence-electron chi connectivity index (χ4n) is 2.25. The summed E-state index contributed by atoms with van der Waals surface area (Å²) in [6.07, 6.45) is 0. The molecule has 1 aromatic carbocycles. The van der Waals surface area contributed by atoms with Gasteiger partial charge < -0.3 is 16.2 Å². The summed E-state index contributed by atoms with van der Waals surface area (Å²) in [5.41, 5.74) is 13.1. The second-order valence-corrected chi connectivity index (χ2v) is 5.38. The Labute approximate surface area is 120 Å². The summed E-state index contributed by atoms with van der Waals surface area (Å²) in [7, 11) is 1.64. The van der Waals surface area contributed by atoms with E-state index in [1.165, 1.54) is 0 Å². The first kappa shape index (κ1) is 16.5. The van der Waals surface area contributed by atoms with Crippen molar-refractivity contribution in [2.24, 2.45) is 17.4 Å². The number of hydrogen-bond donors (Lipinski definition) is 2. The molecule has 1 amide bonds. The SMILES string of the molecule is COc1ccc(CN)cc1CN(CC(N)=O)CC(C)C. The molecule has 20 heavy (non-hydrogen) atoms. The van der Waals surface area contributed by atoms with Crippen LogP contribution >= 0.6 is 0 Å². The van der Waals surface area contributed by atoms with Crippen LogP contribution in [0.2, 0.25) is 0 Å². The highest BCUT2D eigenvalue weighted by Gasteiger charge is 2.14. The normalized spacial score (nSPS) is 11.1. The van der Waals surface area contributed by atoms with E-state index in [9.17, 15) is 4.79 Å². The quantitative estimate of drug-likeness (QED) is 0.746. The lowest BCUT2D eigenvalue weighted by Crippen LogP contribution is -2.35. The van der Waals surface area contributed by atoms with Gasteiger partial charge in [-0.25, -0.2) is 0 Å². The van der Waals surface area contributed by atoms with E-state index in [1.807, 2.05) is 23.1 Å². The van der Waals surface area contributed by atoms with Crippen LogP contribution in [-0.2, 0) is 17.9 Å². The number of carbonyl (C=O) groups excluding carboxylic acids is 1. The Morgan fingerprint density at radius 2 is 2.10 bits per heavy atom. The summed E-state index contributed by atoms with van der Waals surface area (Å²) in [6, 6.07) is 5.88. The standard InChI is InChI=1S/C15H25N3O2/c1-11(2)8-18(10-15(17)19)9-13-6-12(7-16)4-5-14(13)20-3/h4-6,11H,7-10,16H2,1-3H3,(H2,17,19). The molecule has 5 heteroatoms. The first-order chi connectivity index (χ1) is 9.46. The second-order valence-electron chi connectivity index (χ2n) is 5.38. The molecule has 1 aromatic rings. The van der Waals surface area contributed by atoms with Gasteiger partial charge in [0.15, 0.2) is 0 Å². The third-order valence-corrected chi connectivity index (χ3v) is 2.98. The zero-order chi connectivity index (χ0) is 15.1. The summed E-state index contributed by atoms with van der Waals surface area (Å²) in [5, 5.41) is 0. The molecule has 0 atom stereocenters. The highest BCUT2D eigenvalue weighted by Crippen LogP contribution is 2.22. The maximum Gasteiger partial charge on any atom is 0.231 e.